The van der Waals surface area contributed by atoms with Crippen molar-refractivity contribution in [3.63, 3.8) is 0 Å². The average Bonchev–Trinajstić information content (AvgIpc) is 3.39. The van der Waals surface area contributed by atoms with Gasteiger partial charge < -0.3 is 24.2 Å². The van der Waals surface area contributed by atoms with Crippen LogP contribution in [0.15, 0.2) is 36.4 Å². The number of fused-ring (bicyclic) bond motifs is 1. The largest absolute Gasteiger partial charge is 0.493 e. The molecule has 1 atom stereocenters. The van der Waals surface area contributed by atoms with Crippen LogP contribution in [0.1, 0.15) is 48.9 Å². The molecule has 1 aliphatic carbocycles. The fourth-order valence-corrected chi connectivity index (χ4v) is 5.71. The monoisotopic (exact) mass is 551 g/mol. The first kappa shape index (κ1) is 27.8. The van der Waals surface area contributed by atoms with Gasteiger partial charge in [0.25, 0.3) is 0 Å². The van der Waals surface area contributed by atoms with E-state index in [0.29, 0.717) is 50.5 Å². The molecule has 2 aliphatic heterocycles. The third-order valence-corrected chi connectivity index (χ3v) is 8.31. The summed E-state index contributed by atoms with van der Waals surface area (Å²) in [6.07, 6.45) is 2.45. The molecule has 5 rings (SSSR count). The highest BCUT2D eigenvalue weighted by Gasteiger charge is 2.40. The Bertz CT molecular complexity index is 1280. The summed E-state index contributed by atoms with van der Waals surface area (Å²) in [7, 11) is 3.26. The van der Waals surface area contributed by atoms with Gasteiger partial charge in [0, 0.05) is 45.1 Å². The normalized spacial score (nSPS) is 21.1. The molecule has 10 heteroatoms. The van der Waals surface area contributed by atoms with Crippen LogP contribution < -0.4 is 14.2 Å². The number of benzene rings is 2. The van der Waals surface area contributed by atoms with Gasteiger partial charge in [-0.1, -0.05) is 18.2 Å². The summed E-state index contributed by atoms with van der Waals surface area (Å²) in [6.45, 7) is 4.24. The van der Waals surface area contributed by atoms with Crippen LogP contribution in [-0.2, 0) is 22.6 Å². The number of hydrogen-bond acceptors (Lipinski definition) is 7. The maximum atomic E-state index is 12.3. The Balaban J connectivity index is 1.28. The minimum absolute atomic E-state index is 0.0744. The molecule has 2 aromatic rings. The van der Waals surface area contributed by atoms with Crippen LogP contribution in [0.25, 0.3) is 0 Å². The summed E-state index contributed by atoms with van der Waals surface area (Å²) in [4.78, 5) is 41.1. The van der Waals surface area contributed by atoms with Gasteiger partial charge in [-0.3, -0.25) is 19.4 Å². The van der Waals surface area contributed by atoms with Crippen molar-refractivity contribution in [2.24, 2.45) is 5.92 Å². The molecule has 3 amide bonds. The van der Waals surface area contributed by atoms with E-state index in [1.165, 1.54) is 20.9 Å². The minimum atomic E-state index is -0.735. The lowest BCUT2D eigenvalue weighted by Gasteiger charge is -2.44. The Kier molecular flexibility index (Phi) is 8.16. The first-order valence-electron chi connectivity index (χ1n) is 13.8. The molecule has 1 saturated carbocycles. The summed E-state index contributed by atoms with van der Waals surface area (Å²) in [5.74, 6) is 0.798. The molecular formula is C30H37N3O7. The molecule has 0 aromatic heterocycles. The van der Waals surface area contributed by atoms with E-state index < -0.39 is 5.97 Å². The number of aliphatic carboxylic acids is 1. The predicted octanol–water partition coefficient (Wildman–Crippen LogP) is 3.72. The zero-order chi connectivity index (χ0) is 28.4. The van der Waals surface area contributed by atoms with Crippen molar-refractivity contribution in [1.29, 1.82) is 0 Å². The van der Waals surface area contributed by atoms with Crippen LogP contribution in [-0.4, -0.2) is 84.2 Å². The van der Waals surface area contributed by atoms with Crippen molar-refractivity contribution in [3.8, 4) is 17.2 Å². The highest BCUT2D eigenvalue weighted by molar-refractivity contribution is 5.96. The maximum absolute atomic E-state index is 12.3. The van der Waals surface area contributed by atoms with Gasteiger partial charge in [-0.25, -0.2) is 4.79 Å². The number of amides is 3. The van der Waals surface area contributed by atoms with E-state index in [0.717, 1.165) is 17.7 Å². The lowest BCUT2D eigenvalue weighted by Crippen LogP contribution is -2.51. The van der Waals surface area contributed by atoms with Gasteiger partial charge in [0.2, 0.25) is 5.91 Å². The fraction of sp³-hybridized carbons (Fsp3) is 0.500. The number of carbonyl (C=O) groups excluding carboxylic acids is 2. The van der Waals surface area contributed by atoms with Crippen LogP contribution in [0.4, 0.5) is 4.79 Å². The number of imide groups is 1. The average molecular weight is 552 g/mol. The minimum Gasteiger partial charge on any atom is -0.493 e. The number of rotatable bonds is 11. The second kappa shape index (κ2) is 11.8. The van der Waals surface area contributed by atoms with E-state index in [4.69, 9.17) is 14.2 Å². The van der Waals surface area contributed by atoms with Crippen LogP contribution in [0.3, 0.4) is 0 Å². The lowest BCUT2D eigenvalue weighted by molar-refractivity contribution is -0.147. The van der Waals surface area contributed by atoms with Gasteiger partial charge in [-0.15, -0.1) is 0 Å². The zero-order valence-electron chi connectivity index (χ0n) is 23.3. The second-order valence-electron chi connectivity index (χ2n) is 10.8. The summed E-state index contributed by atoms with van der Waals surface area (Å²) in [6, 6.07) is 12.0. The van der Waals surface area contributed by atoms with Gasteiger partial charge in [0.05, 0.1) is 26.2 Å². The van der Waals surface area contributed by atoms with E-state index in [-0.39, 0.29) is 43.1 Å². The quantitative estimate of drug-likeness (QED) is 0.450. The SMILES string of the molecule is COc1cc(CN(C2CC(C(=O)O)C2)[C@@H](C)c2ccc3c(c2)CCO3)ccc1OCCN1C(=O)CCN(C)C1=O. The van der Waals surface area contributed by atoms with Crippen LogP contribution >= 0.6 is 0 Å². The Labute approximate surface area is 234 Å². The Morgan fingerprint density at radius 3 is 2.70 bits per heavy atom. The van der Waals surface area contributed by atoms with Crippen molar-refractivity contribution in [1.82, 2.24) is 14.7 Å². The van der Waals surface area contributed by atoms with Crippen molar-refractivity contribution >= 4 is 17.9 Å². The highest BCUT2D eigenvalue weighted by atomic mass is 16.5. The molecule has 0 bridgehead atoms. The molecule has 10 nitrogen and oxygen atoms in total. The lowest BCUT2D eigenvalue weighted by atomic mass is 9.78. The smallest absolute Gasteiger partial charge is 0.326 e. The molecule has 3 aliphatic rings. The number of carbonyl (C=O) groups is 3. The van der Waals surface area contributed by atoms with E-state index in [1.54, 1.807) is 14.2 Å². The van der Waals surface area contributed by atoms with Crippen molar-refractivity contribution in [2.75, 3.05) is 40.5 Å². The van der Waals surface area contributed by atoms with Gasteiger partial charge in [0.15, 0.2) is 11.5 Å². The summed E-state index contributed by atoms with van der Waals surface area (Å²) in [5.41, 5.74) is 3.41. The molecule has 214 valence electrons. The number of hydrogen-bond donors (Lipinski definition) is 1. The molecule has 2 heterocycles. The van der Waals surface area contributed by atoms with E-state index in [1.807, 2.05) is 24.3 Å². The molecule has 1 saturated heterocycles. The Morgan fingerprint density at radius 2 is 1.95 bits per heavy atom. The molecule has 1 N–H and O–H groups in total. The van der Waals surface area contributed by atoms with Gasteiger partial charge in [0.1, 0.15) is 12.4 Å². The molecule has 40 heavy (non-hydrogen) atoms. The fourth-order valence-electron chi connectivity index (χ4n) is 5.71. The van der Waals surface area contributed by atoms with Gasteiger partial charge in [-0.2, -0.15) is 0 Å². The first-order valence-corrected chi connectivity index (χ1v) is 13.8. The number of carboxylic acids is 1. The predicted molar refractivity (Wildman–Crippen MR) is 147 cm³/mol. The van der Waals surface area contributed by atoms with E-state index in [2.05, 4.69) is 24.0 Å². The Hall–Kier alpha value is -3.79. The zero-order valence-corrected chi connectivity index (χ0v) is 23.3. The summed E-state index contributed by atoms with van der Waals surface area (Å²) in [5, 5.41) is 9.47. The molecule has 2 aromatic carbocycles. The number of nitrogens with zero attached hydrogens (tertiary/aromatic N) is 3. The van der Waals surface area contributed by atoms with E-state index >= 15 is 0 Å². The topological polar surface area (TPSA) is 109 Å². The van der Waals surface area contributed by atoms with Crippen LogP contribution in [0.5, 0.6) is 17.2 Å². The molecular weight excluding hydrogens is 514 g/mol. The summed E-state index contributed by atoms with van der Waals surface area (Å²) >= 11 is 0. The number of methoxy groups -OCH3 is 1. The third kappa shape index (κ3) is 5.72. The molecule has 0 radical (unpaired) electrons. The Morgan fingerprint density at radius 1 is 1.15 bits per heavy atom. The second-order valence-corrected chi connectivity index (χ2v) is 10.8. The van der Waals surface area contributed by atoms with Crippen molar-refractivity contribution in [3.05, 3.63) is 53.1 Å². The number of carboxylic acid groups (broad SMARTS) is 1. The van der Waals surface area contributed by atoms with E-state index in [9.17, 15) is 19.5 Å². The van der Waals surface area contributed by atoms with Gasteiger partial charge in [-0.05, 0) is 54.7 Å². The number of urea groups is 1. The van der Waals surface area contributed by atoms with Gasteiger partial charge >= 0.3 is 12.0 Å². The van der Waals surface area contributed by atoms with Crippen molar-refractivity contribution in [2.45, 2.75) is 51.2 Å². The third-order valence-electron chi connectivity index (χ3n) is 8.31. The summed E-state index contributed by atoms with van der Waals surface area (Å²) < 4.78 is 17.2. The van der Waals surface area contributed by atoms with Crippen LogP contribution in [0, 0.1) is 5.92 Å². The molecule has 0 unspecified atom stereocenters. The number of ether oxygens (including phenoxy) is 3. The standard InChI is InChI=1S/C30H37N3O7/c1-19(21-5-7-25-22(15-21)9-12-39-25)33(24-16-23(17-24)29(35)36)18-20-4-6-26(27(14-20)38-3)40-13-11-32-28(34)8-10-31(2)30(32)37/h4-7,14-15,19,23-24H,8-13,16-18H2,1-3H3,(H,35,36)/t19-,23?,24?/m0/s1. The van der Waals surface area contributed by atoms with Crippen LogP contribution in [0.2, 0.25) is 0 Å². The first-order chi connectivity index (χ1) is 19.2. The maximum Gasteiger partial charge on any atom is 0.326 e. The molecule has 0 spiro atoms. The highest BCUT2D eigenvalue weighted by Crippen LogP contribution is 2.40. The van der Waals surface area contributed by atoms with Crippen molar-refractivity contribution < 1.29 is 33.7 Å². The molecule has 2 fully saturated rings.